The van der Waals surface area contributed by atoms with Crippen LogP contribution in [0.4, 0.5) is 0 Å². The summed E-state index contributed by atoms with van der Waals surface area (Å²) < 4.78 is 1.38. The molecule has 0 spiro atoms. The van der Waals surface area contributed by atoms with Crippen LogP contribution >= 0.6 is 35.6 Å². The zero-order valence-corrected chi connectivity index (χ0v) is 16.7. The number of H-pyrrole nitrogens is 1. The third kappa shape index (κ3) is 4.13. The van der Waals surface area contributed by atoms with Gasteiger partial charge >= 0.3 is 0 Å². The summed E-state index contributed by atoms with van der Waals surface area (Å²) in [5.41, 5.74) is 0.577. The largest absolute Gasteiger partial charge is 0.494 e. The molecule has 0 saturated carbocycles. The Morgan fingerprint density at radius 2 is 2.04 bits per heavy atom. The van der Waals surface area contributed by atoms with Gasteiger partial charge in [0, 0.05) is 17.5 Å². The van der Waals surface area contributed by atoms with Gasteiger partial charge in [-0.05, 0) is 60.5 Å². The average molecular weight is 420 g/mol. The molecule has 0 atom stereocenters. The van der Waals surface area contributed by atoms with Crippen LogP contribution in [0.3, 0.4) is 0 Å². The molecule has 0 radical (unpaired) electrons. The fourth-order valence-corrected chi connectivity index (χ4v) is 3.82. The summed E-state index contributed by atoms with van der Waals surface area (Å²) in [6.07, 6.45) is 3.28. The van der Waals surface area contributed by atoms with E-state index in [0.717, 1.165) is 4.91 Å². The van der Waals surface area contributed by atoms with E-state index >= 15 is 0 Å². The van der Waals surface area contributed by atoms with Gasteiger partial charge in [-0.1, -0.05) is 23.4 Å². The number of nitrogens with one attached hydrogen (secondary N) is 1. The molecule has 1 amide bonds. The first-order chi connectivity index (χ1) is 12.8. The van der Waals surface area contributed by atoms with Crippen molar-refractivity contribution in [3.05, 3.63) is 66.5 Å². The Morgan fingerprint density at radius 3 is 2.67 bits per heavy atom. The maximum atomic E-state index is 12.4. The van der Waals surface area contributed by atoms with Gasteiger partial charge in [-0.3, -0.25) is 19.1 Å². The molecule has 2 aromatic rings. The SMILES string of the molecule is CC(=O)N=C1SC(C)=CC1=Cc1c(O)n(-c2ccc(Cl)cc2)c(=S)[nH]c1=O. The van der Waals surface area contributed by atoms with E-state index in [1.807, 2.05) is 6.92 Å². The van der Waals surface area contributed by atoms with Crippen LogP contribution in [-0.4, -0.2) is 25.6 Å². The summed E-state index contributed by atoms with van der Waals surface area (Å²) >= 11 is 12.4. The molecule has 27 heavy (non-hydrogen) atoms. The predicted molar refractivity (Wildman–Crippen MR) is 111 cm³/mol. The van der Waals surface area contributed by atoms with E-state index in [1.165, 1.54) is 29.3 Å². The van der Waals surface area contributed by atoms with Gasteiger partial charge in [-0.25, -0.2) is 4.99 Å². The number of rotatable bonds is 2. The van der Waals surface area contributed by atoms with E-state index < -0.39 is 5.56 Å². The Kier molecular flexibility index (Phi) is 5.50. The molecule has 9 heteroatoms. The molecule has 1 aromatic carbocycles. The highest BCUT2D eigenvalue weighted by molar-refractivity contribution is 8.18. The molecule has 1 aliphatic heterocycles. The fourth-order valence-electron chi connectivity index (χ4n) is 2.51. The first-order valence-electron chi connectivity index (χ1n) is 7.78. The zero-order chi connectivity index (χ0) is 19.7. The summed E-state index contributed by atoms with van der Waals surface area (Å²) in [5.74, 6) is -0.662. The lowest BCUT2D eigenvalue weighted by molar-refractivity contribution is -0.115. The Balaban J connectivity index is 2.21. The summed E-state index contributed by atoms with van der Waals surface area (Å²) in [7, 11) is 0. The first kappa shape index (κ1) is 19.3. The molecular weight excluding hydrogens is 406 g/mol. The number of carbonyl (C=O) groups excluding carboxylic acids is 1. The van der Waals surface area contributed by atoms with Crippen LogP contribution in [0.15, 0.2) is 50.6 Å². The third-order valence-electron chi connectivity index (χ3n) is 3.63. The lowest BCUT2D eigenvalue weighted by Gasteiger charge is -2.11. The number of allylic oxidation sites excluding steroid dienone is 2. The number of halogens is 1. The van der Waals surface area contributed by atoms with Gasteiger partial charge in [0.2, 0.25) is 11.8 Å². The number of amides is 1. The number of aromatic hydroxyl groups is 1. The van der Waals surface area contributed by atoms with E-state index in [0.29, 0.717) is 21.3 Å². The van der Waals surface area contributed by atoms with Gasteiger partial charge < -0.3 is 5.11 Å². The molecule has 3 rings (SSSR count). The number of carbonyl (C=O) groups is 1. The van der Waals surface area contributed by atoms with E-state index in [-0.39, 0.29) is 22.1 Å². The predicted octanol–water partition coefficient (Wildman–Crippen LogP) is 4.23. The van der Waals surface area contributed by atoms with Crippen LogP contribution in [0.25, 0.3) is 11.8 Å². The first-order valence-corrected chi connectivity index (χ1v) is 9.38. The van der Waals surface area contributed by atoms with Crippen LogP contribution < -0.4 is 5.56 Å². The second-order valence-electron chi connectivity index (χ2n) is 5.70. The van der Waals surface area contributed by atoms with Crippen molar-refractivity contribution in [2.24, 2.45) is 4.99 Å². The van der Waals surface area contributed by atoms with Crippen molar-refractivity contribution in [1.82, 2.24) is 9.55 Å². The van der Waals surface area contributed by atoms with Crippen molar-refractivity contribution in [3.8, 4) is 11.6 Å². The number of hydrogen-bond acceptors (Lipinski definition) is 5. The van der Waals surface area contributed by atoms with Crippen LogP contribution in [0.5, 0.6) is 5.88 Å². The van der Waals surface area contributed by atoms with Gasteiger partial charge in [-0.15, -0.1) is 0 Å². The highest BCUT2D eigenvalue weighted by Gasteiger charge is 2.19. The normalized spacial score (nSPS) is 16.8. The second kappa shape index (κ2) is 7.67. The molecule has 1 aliphatic rings. The van der Waals surface area contributed by atoms with Crippen molar-refractivity contribution in [2.75, 3.05) is 0 Å². The number of thioether (sulfide) groups is 1. The smallest absolute Gasteiger partial charge is 0.262 e. The number of aromatic nitrogens is 2. The molecule has 1 aromatic heterocycles. The molecule has 0 aliphatic carbocycles. The van der Waals surface area contributed by atoms with Crippen LogP contribution in [0.1, 0.15) is 19.4 Å². The monoisotopic (exact) mass is 419 g/mol. The summed E-state index contributed by atoms with van der Waals surface area (Å²) in [6, 6.07) is 6.65. The van der Waals surface area contributed by atoms with Gasteiger partial charge in [0.05, 0.1) is 5.69 Å². The Bertz CT molecular complexity index is 1140. The molecule has 0 bridgehead atoms. The van der Waals surface area contributed by atoms with Gasteiger partial charge in [0.15, 0.2) is 4.77 Å². The highest BCUT2D eigenvalue weighted by Crippen LogP contribution is 2.33. The summed E-state index contributed by atoms with van der Waals surface area (Å²) in [4.78, 5) is 31.2. The van der Waals surface area contributed by atoms with Crippen molar-refractivity contribution in [1.29, 1.82) is 0 Å². The third-order valence-corrected chi connectivity index (χ3v) is 5.12. The molecule has 6 nitrogen and oxygen atoms in total. The van der Waals surface area contributed by atoms with E-state index in [4.69, 9.17) is 23.8 Å². The van der Waals surface area contributed by atoms with Crippen molar-refractivity contribution in [3.63, 3.8) is 0 Å². The Labute approximate surface area is 168 Å². The lowest BCUT2D eigenvalue weighted by atomic mass is 10.1. The zero-order valence-electron chi connectivity index (χ0n) is 14.3. The number of hydrogen-bond donors (Lipinski definition) is 2. The Hall–Kier alpha value is -2.42. The molecular formula is C18H14ClN3O3S2. The average Bonchev–Trinajstić information content (AvgIpc) is 2.91. The minimum Gasteiger partial charge on any atom is -0.494 e. The van der Waals surface area contributed by atoms with Crippen LogP contribution in [-0.2, 0) is 4.79 Å². The van der Waals surface area contributed by atoms with Gasteiger partial charge in [0.1, 0.15) is 10.6 Å². The van der Waals surface area contributed by atoms with E-state index in [1.54, 1.807) is 30.3 Å². The highest BCUT2D eigenvalue weighted by atomic mass is 35.5. The van der Waals surface area contributed by atoms with Crippen molar-refractivity contribution < 1.29 is 9.90 Å². The van der Waals surface area contributed by atoms with E-state index in [2.05, 4.69) is 9.98 Å². The molecule has 2 N–H and O–H groups in total. The number of aliphatic imine (C=N–C) groups is 1. The summed E-state index contributed by atoms with van der Waals surface area (Å²) in [6.45, 7) is 3.22. The second-order valence-corrected chi connectivity index (χ2v) is 7.76. The minimum absolute atomic E-state index is 0.0105. The molecule has 0 unspecified atom stereocenters. The number of nitrogens with zero attached hydrogens (tertiary/aromatic N) is 2. The minimum atomic E-state index is -0.541. The maximum Gasteiger partial charge on any atom is 0.262 e. The van der Waals surface area contributed by atoms with Crippen molar-refractivity contribution in [2.45, 2.75) is 13.8 Å². The van der Waals surface area contributed by atoms with Crippen molar-refractivity contribution >= 4 is 52.6 Å². The quantitative estimate of drug-likeness (QED) is 0.711. The topological polar surface area (TPSA) is 87.4 Å². The standard InChI is InChI=1S/C18H14ClN3O3S2/c1-9-7-11(16(27-9)20-10(2)23)8-14-15(24)21-18(26)22(17(14)25)13-5-3-12(19)4-6-13/h3-8,25H,1-2H3,(H,21,24,26). The fraction of sp³-hybridized carbons (Fsp3) is 0.111. The molecule has 0 fully saturated rings. The van der Waals surface area contributed by atoms with Crippen LogP contribution in [0.2, 0.25) is 5.02 Å². The number of aromatic amines is 1. The van der Waals surface area contributed by atoms with Crippen LogP contribution in [0, 0.1) is 4.77 Å². The summed E-state index contributed by atoms with van der Waals surface area (Å²) in [5, 5.41) is 11.7. The number of benzene rings is 1. The van der Waals surface area contributed by atoms with E-state index in [9.17, 15) is 14.7 Å². The molecule has 2 heterocycles. The maximum absolute atomic E-state index is 12.4. The molecule has 0 saturated heterocycles. The molecule has 138 valence electrons. The Morgan fingerprint density at radius 1 is 1.37 bits per heavy atom. The lowest BCUT2D eigenvalue weighted by Crippen LogP contribution is -2.16. The van der Waals surface area contributed by atoms with Gasteiger partial charge in [0.25, 0.3) is 5.56 Å². The van der Waals surface area contributed by atoms with Gasteiger partial charge in [-0.2, -0.15) is 0 Å².